The number of aliphatic hydroxyl groups excluding tert-OH is 1. The first-order valence-corrected chi connectivity index (χ1v) is 13.9. The monoisotopic (exact) mass is 647 g/mol. The van der Waals surface area contributed by atoms with Gasteiger partial charge in [-0.1, -0.05) is 30.3 Å². The number of benzene rings is 1. The number of pyridine rings is 2. The predicted molar refractivity (Wildman–Crippen MR) is 150 cm³/mol. The summed E-state index contributed by atoms with van der Waals surface area (Å²) < 4.78 is 62.2. The average Bonchev–Trinajstić information content (AvgIpc) is 3.02. The fourth-order valence-electron chi connectivity index (χ4n) is 4.79. The number of carbonyl (C=O) groups excluding carboxylic acids is 4. The van der Waals surface area contributed by atoms with Crippen LogP contribution in [0.1, 0.15) is 35.5 Å². The Labute approximate surface area is 259 Å². The summed E-state index contributed by atoms with van der Waals surface area (Å²) in [4.78, 5) is 59.7. The summed E-state index contributed by atoms with van der Waals surface area (Å²) in [6, 6.07) is 6.11. The number of halogens is 4. The molecule has 0 spiro atoms. The van der Waals surface area contributed by atoms with E-state index in [1.54, 1.807) is 30.3 Å². The van der Waals surface area contributed by atoms with Crippen LogP contribution in [-0.2, 0) is 32.0 Å². The average molecular weight is 648 g/mol. The minimum Gasteiger partial charge on any atom is -0.505 e. The number of rotatable bonds is 6. The van der Waals surface area contributed by atoms with Crippen molar-refractivity contribution in [2.75, 3.05) is 0 Å². The van der Waals surface area contributed by atoms with Crippen LogP contribution in [0.15, 0.2) is 48.7 Å². The summed E-state index contributed by atoms with van der Waals surface area (Å²) in [6.45, 7) is 2.46. The van der Waals surface area contributed by atoms with E-state index in [4.69, 9.17) is 4.74 Å². The topological polar surface area (TPSA) is 180 Å². The lowest BCUT2D eigenvalue weighted by atomic mass is 9.92. The Morgan fingerprint density at radius 2 is 1.63 bits per heavy atom. The van der Waals surface area contributed by atoms with Gasteiger partial charge in [-0.05, 0) is 31.5 Å². The van der Waals surface area contributed by atoms with Crippen molar-refractivity contribution in [1.29, 1.82) is 0 Å². The largest absolute Gasteiger partial charge is 0.505 e. The van der Waals surface area contributed by atoms with E-state index in [1.165, 1.54) is 19.2 Å². The highest BCUT2D eigenvalue weighted by molar-refractivity contribution is 5.98. The molecule has 16 heteroatoms. The Kier molecular flexibility index (Phi) is 10.5. The maximum Gasteiger partial charge on any atom is 0.312 e. The van der Waals surface area contributed by atoms with Gasteiger partial charge in [0.2, 0.25) is 17.7 Å². The fraction of sp³-hybridized carbons (Fsp3) is 0.333. The van der Waals surface area contributed by atoms with Gasteiger partial charge < -0.3 is 30.9 Å². The van der Waals surface area contributed by atoms with Crippen LogP contribution in [0.4, 0.5) is 17.6 Å². The van der Waals surface area contributed by atoms with Gasteiger partial charge in [0, 0.05) is 24.6 Å². The number of ether oxygens (including phenoxy) is 1. The van der Waals surface area contributed by atoms with Crippen LogP contribution in [0.2, 0.25) is 0 Å². The molecule has 0 radical (unpaired) electrons. The standard InChI is InChI=1S/C30H29F4N5O7/c1-13-24(41)17(12-16-20(31)21(32)26(34)39-25(16)33)37-28(43)22(38-29(44)23-18(40)9-6-10-35-23)14(2)36-27(42)19(46-30(13)45)11-15-7-4-3-5-8-15/h3-10,13-14,17,19,22,24,40-41H,11-12H2,1-2H3,(H,36,42)(H,37,43)(H,38,44)/t13-,14-,17+,19?,22+,24+/m1/s1. The summed E-state index contributed by atoms with van der Waals surface area (Å²) >= 11 is 0. The Bertz CT molecular complexity index is 1630. The van der Waals surface area contributed by atoms with Gasteiger partial charge in [0.15, 0.2) is 17.6 Å². The molecule has 0 saturated carbocycles. The van der Waals surface area contributed by atoms with Crippen molar-refractivity contribution >= 4 is 23.7 Å². The van der Waals surface area contributed by atoms with Crippen LogP contribution >= 0.6 is 0 Å². The smallest absolute Gasteiger partial charge is 0.312 e. The minimum absolute atomic E-state index is 0.140. The fourth-order valence-corrected chi connectivity index (χ4v) is 4.79. The summed E-state index contributed by atoms with van der Waals surface area (Å²) in [7, 11) is 0. The molecule has 1 fully saturated rings. The second-order valence-electron chi connectivity index (χ2n) is 10.6. The van der Waals surface area contributed by atoms with Crippen LogP contribution in [-0.4, -0.2) is 74.2 Å². The second kappa shape index (κ2) is 14.3. The van der Waals surface area contributed by atoms with E-state index in [-0.39, 0.29) is 6.42 Å². The summed E-state index contributed by atoms with van der Waals surface area (Å²) in [5, 5.41) is 28.4. The van der Waals surface area contributed by atoms with Crippen molar-refractivity contribution < 1.29 is 51.7 Å². The van der Waals surface area contributed by atoms with Crippen molar-refractivity contribution in [3.05, 3.63) is 89.0 Å². The van der Waals surface area contributed by atoms with E-state index in [2.05, 4.69) is 25.9 Å². The number of aromatic hydroxyl groups is 1. The van der Waals surface area contributed by atoms with E-state index >= 15 is 0 Å². The Hall–Kier alpha value is -5.12. The number of esters is 1. The van der Waals surface area contributed by atoms with Crippen LogP contribution in [0.5, 0.6) is 5.75 Å². The van der Waals surface area contributed by atoms with Gasteiger partial charge >= 0.3 is 5.97 Å². The number of hydrogen-bond acceptors (Lipinski definition) is 9. The molecular weight excluding hydrogens is 618 g/mol. The molecule has 1 aromatic carbocycles. The zero-order chi connectivity index (χ0) is 33.7. The summed E-state index contributed by atoms with van der Waals surface area (Å²) in [5.41, 5.74) is -1.07. The SMILES string of the molecule is C[C@H]1NC(=O)C(Cc2ccccc2)OC(=O)[C@H](C)[C@H](O)[C@H](Cc2c(F)nc(F)c(F)c2F)NC(=O)[C@H]1NC(=O)c1ncccc1O. The molecule has 1 saturated heterocycles. The molecule has 0 aliphatic carbocycles. The molecule has 2 aromatic heterocycles. The third-order valence-corrected chi connectivity index (χ3v) is 7.39. The normalized spacial score (nSPS) is 24.1. The van der Waals surface area contributed by atoms with E-state index in [1.807, 2.05) is 0 Å². The molecule has 46 heavy (non-hydrogen) atoms. The van der Waals surface area contributed by atoms with Crippen molar-refractivity contribution in [1.82, 2.24) is 25.9 Å². The molecular formula is C30H29F4N5O7. The predicted octanol–water partition coefficient (Wildman–Crippen LogP) is 1.23. The molecule has 6 atom stereocenters. The minimum atomic E-state index is -2.11. The lowest BCUT2D eigenvalue weighted by Gasteiger charge is -2.33. The molecule has 4 rings (SSSR count). The molecule has 244 valence electrons. The van der Waals surface area contributed by atoms with Crippen molar-refractivity contribution in [2.24, 2.45) is 5.92 Å². The maximum atomic E-state index is 14.6. The van der Waals surface area contributed by atoms with Crippen molar-refractivity contribution in [3.8, 4) is 5.75 Å². The van der Waals surface area contributed by atoms with Gasteiger partial charge in [-0.3, -0.25) is 19.2 Å². The number of hydrogen-bond donors (Lipinski definition) is 5. The molecule has 1 unspecified atom stereocenters. The van der Waals surface area contributed by atoms with Gasteiger partial charge in [0.25, 0.3) is 17.8 Å². The van der Waals surface area contributed by atoms with E-state index in [0.29, 0.717) is 5.56 Å². The van der Waals surface area contributed by atoms with Gasteiger partial charge in [0.05, 0.1) is 24.1 Å². The van der Waals surface area contributed by atoms with E-state index < -0.39 is 107 Å². The van der Waals surface area contributed by atoms with E-state index in [0.717, 1.165) is 13.0 Å². The first-order chi connectivity index (χ1) is 21.8. The number of nitrogens with one attached hydrogen (secondary N) is 3. The molecule has 3 amide bonds. The first-order valence-electron chi connectivity index (χ1n) is 13.9. The molecule has 1 aliphatic rings. The third kappa shape index (κ3) is 7.56. The Balaban J connectivity index is 1.75. The summed E-state index contributed by atoms with van der Waals surface area (Å²) in [6.07, 6.45) is -3.48. The lowest BCUT2D eigenvalue weighted by Crippen LogP contribution is -2.62. The zero-order valence-corrected chi connectivity index (χ0v) is 24.3. The number of cyclic esters (lactones) is 1. The van der Waals surface area contributed by atoms with Gasteiger partial charge in [-0.15, -0.1) is 0 Å². The summed E-state index contributed by atoms with van der Waals surface area (Å²) in [5.74, 6) is -14.2. The first kappa shape index (κ1) is 33.8. The number of nitrogens with zero attached hydrogens (tertiary/aromatic N) is 2. The maximum absolute atomic E-state index is 14.6. The highest BCUT2D eigenvalue weighted by atomic mass is 19.2. The van der Waals surface area contributed by atoms with Crippen LogP contribution in [0, 0.1) is 29.4 Å². The second-order valence-corrected chi connectivity index (χ2v) is 10.6. The molecule has 1 aliphatic heterocycles. The van der Waals surface area contributed by atoms with Gasteiger partial charge in [-0.2, -0.15) is 18.2 Å². The highest BCUT2D eigenvalue weighted by Crippen LogP contribution is 2.23. The van der Waals surface area contributed by atoms with Crippen molar-refractivity contribution in [3.63, 3.8) is 0 Å². The van der Waals surface area contributed by atoms with Crippen molar-refractivity contribution in [2.45, 2.75) is 57.0 Å². The number of aliphatic hydroxyl groups is 1. The number of carbonyl (C=O) groups is 4. The molecule has 3 aromatic rings. The number of aromatic nitrogens is 2. The van der Waals surface area contributed by atoms with Gasteiger partial charge in [-0.25, -0.2) is 9.37 Å². The molecule has 0 bridgehead atoms. The zero-order valence-electron chi connectivity index (χ0n) is 24.3. The Morgan fingerprint density at radius 1 is 0.935 bits per heavy atom. The van der Waals surface area contributed by atoms with Crippen LogP contribution in [0.25, 0.3) is 0 Å². The van der Waals surface area contributed by atoms with Crippen LogP contribution in [0.3, 0.4) is 0 Å². The lowest BCUT2D eigenvalue weighted by molar-refractivity contribution is -0.164. The molecule has 12 nitrogen and oxygen atoms in total. The quantitative estimate of drug-likeness (QED) is 0.150. The van der Waals surface area contributed by atoms with Crippen LogP contribution < -0.4 is 16.0 Å². The molecule has 5 N–H and O–H groups in total. The van der Waals surface area contributed by atoms with Gasteiger partial charge in [0.1, 0.15) is 11.8 Å². The number of amides is 3. The van der Waals surface area contributed by atoms with E-state index in [9.17, 15) is 47.0 Å². The Morgan fingerprint density at radius 3 is 2.30 bits per heavy atom. The third-order valence-electron chi connectivity index (χ3n) is 7.39. The highest BCUT2D eigenvalue weighted by Gasteiger charge is 2.40. The molecule has 3 heterocycles.